The van der Waals surface area contributed by atoms with Gasteiger partial charge < -0.3 is 24.8 Å². The Morgan fingerprint density at radius 1 is 1.14 bits per heavy atom. The zero-order chi connectivity index (χ0) is 14.7. The van der Waals surface area contributed by atoms with E-state index < -0.39 is 0 Å². The van der Waals surface area contributed by atoms with Crippen molar-refractivity contribution in [2.45, 2.75) is 6.54 Å². The van der Waals surface area contributed by atoms with Crippen LogP contribution in [0.2, 0.25) is 0 Å². The summed E-state index contributed by atoms with van der Waals surface area (Å²) < 4.78 is 15.7. The maximum absolute atomic E-state index is 5.34. The van der Waals surface area contributed by atoms with Crippen LogP contribution in [0.4, 0.5) is 11.9 Å². The van der Waals surface area contributed by atoms with Crippen molar-refractivity contribution in [1.29, 1.82) is 0 Å². The minimum absolute atomic E-state index is 0.252. The summed E-state index contributed by atoms with van der Waals surface area (Å²) in [7, 11) is 3.24. The fraction of sp³-hybridized carbons (Fsp3) is 0.308. The monoisotopic (exact) mass is 289 g/mol. The number of hydrogen-bond acceptors (Lipinski definition) is 8. The molecule has 0 atom stereocenters. The van der Waals surface area contributed by atoms with Gasteiger partial charge in [-0.05, 0) is 17.7 Å². The van der Waals surface area contributed by atoms with Crippen molar-refractivity contribution < 1.29 is 14.2 Å². The number of aromatic nitrogens is 3. The van der Waals surface area contributed by atoms with Crippen molar-refractivity contribution in [1.82, 2.24) is 15.0 Å². The Balaban J connectivity index is 1.72. The topological polar surface area (TPSA) is 90.4 Å². The molecule has 0 unspecified atom stereocenters. The van der Waals surface area contributed by atoms with Crippen molar-refractivity contribution >= 4 is 11.9 Å². The number of benzene rings is 1. The molecule has 110 valence electrons. The summed E-state index contributed by atoms with van der Waals surface area (Å²) in [5, 5.41) is 5.98. The molecule has 0 saturated heterocycles. The molecular formula is C13H15N5O3. The van der Waals surface area contributed by atoms with Crippen LogP contribution in [0.1, 0.15) is 5.56 Å². The molecule has 8 heteroatoms. The lowest BCUT2D eigenvalue weighted by Crippen LogP contribution is -2.08. The Labute approximate surface area is 121 Å². The molecule has 1 aromatic heterocycles. The normalized spacial score (nSPS) is 12.1. The van der Waals surface area contributed by atoms with Crippen molar-refractivity contribution in [3.05, 3.63) is 23.8 Å². The fourth-order valence-corrected chi connectivity index (χ4v) is 1.87. The minimum atomic E-state index is 0.252. The Bertz CT molecular complexity index is 627. The van der Waals surface area contributed by atoms with Crippen LogP contribution in [0.5, 0.6) is 17.5 Å². The van der Waals surface area contributed by atoms with Gasteiger partial charge in [0.05, 0.1) is 7.11 Å². The number of nitrogens with one attached hydrogen (secondary N) is 2. The van der Waals surface area contributed by atoms with E-state index in [0.29, 0.717) is 18.4 Å². The van der Waals surface area contributed by atoms with E-state index in [9.17, 15) is 0 Å². The first-order chi connectivity index (χ1) is 10.3. The predicted molar refractivity (Wildman–Crippen MR) is 75.8 cm³/mol. The van der Waals surface area contributed by atoms with Gasteiger partial charge in [-0.1, -0.05) is 6.07 Å². The molecule has 0 saturated carbocycles. The zero-order valence-corrected chi connectivity index (χ0v) is 11.7. The Morgan fingerprint density at radius 2 is 1.95 bits per heavy atom. The van der Waals surface area contributed by atoms with E-state index in [1.54, 1.807) is 7.05 Å². The smallest absolute Gasteiger partial charge is 0.322 e. The summed E-state index contributed by atoms with van der Waals surface area (Å²) in [4.78, 5) is 12.4. The highest BCUT2D eigenvalue weighted by molar-refractivity contribution is 5.45. The second-order valence-corrected chi connectivity index (χ2v) is 4.26. The first kappa shape index (κ1) is 13.2. The van der Waals surface area contributed by atoms with E-state index in [2.05, 4.69) is 25.6 Å². The number of nitrogens with zero attached hydrogens (tertiary/aromatic N) is 3. The molecule has 0 bridgehead atoms. The van der Waals surface area contributed by atoms with Crippen molar-refractivity contribution in [3.63, 3.8) is 0 Å². The summed E-state index contributed by atoms with van der Waals surface area (Å²) >= 11 is 0. The predicted octanol–water partition coefficient (Wildman–Crippen LogP) is 1.26. The summed E-state index contributed by atoms with van der Waals surface area (Å²) in [5.41, 5.74) is 1.03. The van der Waals surface area contributed by atoms with Gasteiger partial charge >= 0.3 is 6.01 Å². The molecule has 0 fully saturated rings. The molecule has 3 rings (SSSR count). The molecule has 0 radical (unpaired) electrons. The third-order valence-corrected chi connectivity index (χ3v) is 2.91. The molecule has 2 heterocycles. The maximum atomic E-state index is 5.34. The highest BCUT2D eigenvalue weighted by atomic mass is 16.7. The molecule has 2 aromatic rings. The zero-order valence-electron chi connectivity index (χ0n) is 11.7. The average Bonchev–Trinajstić information content (AvgIpc) is 3.00. The first-order valence-corrected chi connectivity index (χ1v) is 6.38. The highest BCUT2D eigenvalue weighted by Crippen LogP contribution is 2.32. The number of fused-ring (bicyclic) bond motifs is 1. The number of methoxy groups -OCH3 is 1. The third kappa shape index (κ3) is 2.88. The lowest BCUT2D eigenvalue weighted by molar-refractivity contribution is 0.174. The molecule has 1 aliphatic heterocycles. The molecular weight excluding hydrogens is 274 g/mol. The summed E-state index contributed by atoms with van der Waals surface area (Å²) in [6.45, 7) is 0.815. The van der Waals surface area contributed by atoms with Crippen LogP contribution in [-0.2, 0) is 6.54 Å². The Kier molecular flexibility index (Phi) is 3.59. The van der Waals surface area contributed by atoms with Crippen LogP contribution in [0, 0.1) is 0 Å². The van der Waals surface area contributed by atoms with E-state index in [4.69, 9.17) is 14.2 Å². The highest BCUT2D eigenvalue weighted by Gasteiger charge is 2.13. The summed E-state index contributed by atoms with van der Waals surface area (Å²) in [6, 6.07) is 6.01. The van der Waals surface area contributed by atoms with Crippen LogP contribution < -0.4 is 24.8 Å². The molecule has 21 heavy (non-hydrogen) atoms. The van der Waals surface area contributed by atoms with Crippen molar-refractivity contribution in [2.75, 3.05) is 31.6 Å². The molecule has 0 spiro atoms. The maximum Gasteiger partial charge on any atom is 0.322 e. The Hall–Kier alpha value is -2.77. The fourth-order valence-electron chi connectivity index (χ4n) is 1.87. The van der Waals surface area contributed by atoms with Crippen LogP contribution in [-0.4, -0.2) is 35.9 Å². The molecule has 0 amide bonds. The van der Waals surface area contributed by atoms with Gasteiger partial charge in [-0.15, -0.1) is 0 Å². The van der Waals surface area contributed by atoms with Gasteiger partial charge in [0.1, 0.15) is 0 Å². The number of rotatable bonds is 5. The van der Waals surface area contributed by atoms with Gasteiger partial charge in [0.2, 0.25) is 18.7 Å². The number of ether oxygens (including phenoxy) is 3. The second-order valence-electron chi connectivity index (χ2n) is 4.26. The van der Waals surface area contributed by atoms with Gasteiger partial charge in [0.15, 0.2) is 11.5 Å². The second kappa shape index (κ2) is 5.70. The summed E-state index contributed by atoms with van der Waals surface area (Å²) in [6.07, 6.45) is 0. The van der Waals surface area contributed by atoms with Gasteiger partial charge in [-0.2, -0.15) is 15.0 Å². The van der Waals surface area contributed by atoms with E-state index in [1.165, 1.54) is 7.11 Å². The van der Waals surface area contributed by atoms with E-state index in [-0.39, 0.29) is 12.8 Å². The van der Waals surface area contributed by atoms with Crippen LogP contribution >= 0.6 is 0 Å². The van der Waals surface area contributed by atoms with E-state index >= 15 is 0 Å². The molecule has 0 aliphatic carbocycles. The van der Waals surface area contributed by atoms with Crippen molar-refractivity contribution in [3.8, 4) is 17.5 Å². The Morgan fingerprint density at radius 3 is 2.76 bits per heavy atom. The van der Waals surface area contributed by atoms with Gasteiger partial charge in [0, 0.05) is 13.6 Å². The van der Waals surface area contributed by atoms with E-state index in [1.807, 2.05) is 18.2 Å². The molecule has 1 aromatic carbocycles. The number of hydrogen-bond donors (Lipinski definition) is 2. The minimum Gasteiger partial charge on any atom is -0.467 e. The molecule has 1 aliphatic rings. The molecule has 2 N–H and O–H groups in total. The van der Waals surface area contributed by atoms with Crippen molar-refractivity contribution in [2.24, 2.45) is 0 Å². The van der Waals surface area contributed by atoms with Crippen LogP contribution in [0.3, 0.4) is 0 Å². The van der Waals surface area contributed by atoms with Crippen LogP contribution in [0.15, 0.2) is 18.2 Å². The van der Waals surface area contributed by atoms with Crippen LogP contribution in [0.25, 0.3) is 0 Å². The molecule has 8 nitrogen and oxygen atoms in total. The first-order valence-electron chi connectivity index (χ1n) is 6.38. The van der Waals surface area contributed by atoms with Gasteiger partial charge in [-0.3, -0.25) is 0 Å². The van der Waals surface area contributed by atoms with E-state index in [0.717, 1.165) is 17.1 Å². The van der Waals surface area contributed by atoms with Gasteiger partial charge in [0.25, 0.3) is 0 Å². The number of anilines is 2. The lowest BCUT2D eigenvalue weighted by Gasteiger charge is -2.08. The van der Waals surface area contributed by atoms with Gasteiger partial charge in [-0.25, -0.2) is 0 Å². The third-order valence-electron chi connectivity index (χ3n) is 2.91. The SMILES string of the molecule is CNc1nc(NCc2ccc3c(c2)OCO3)nc(OC)n1. The standard InChI is InChI=1S/C13H15N5O3/c1-14-11-16-12(18-13(17-11)19-2)15-6-8-3-4-9-10(5-8)21-7-20-9/h3-5H,6-7H2,1-2H3,(H2,14,15,16,17,18). The average molecular weight is 289 g/mol. The lowest BCUT2D eigenvalue weighted by atomic mass is 10.2. The largest absolute Gasteiger partial charge is 0.467 e. The quantitative estimate of drug-likeness (QED) is 0.850. The summed E-state index contributed by atoms with van der Waals surface area (Å²) in [5.74, 6) is 2.38.